The van der Waals surface area contributed by atoms with Crippen LogP contribution in [0.25, 0.3) is 0 Å². The first-order valence-corrected chi connectivity index (χ1v) is 13.3. The number of Topliss-reactive ketones (excluding diaryl/α,β-unsaturated/α-hetero) is 1. The first-order chi connectivity index (χ1) is 18.0. The monoisotopic (exact) mass is 614 g/mol. The second-order valence-corrected chi connectivity index (χ2v) is 11.3. The van der Waals surface area contributed by atoms with E-state index < -0.39 is 27.9 Å². The summed E-state index contributed by atoms with van der Waals surface area (Å²) in [5, 5.41) is 7.52. The van der Waals surface area contributed by atoms with Crippen LogP contribution >= 0.6 is 58.0 Å². The second kappa shape index (κ2) is 11.8. The van der Waals surface area contributed by atoms with E-state index in [1.807, 2.05) is 0 Å². The average molecular weight is 617 g/mol. The van der Waals surface area contributed by atoms with Gasteiger partial charge in [0.05, 0.1) is 17.2 Å². The molecule has 0 aliphatic heterocycles. The van der Waals surface area contributed by atoms with Crippen LogP contribution in [0.3, 0.4) is 0 Å². The molecule has 0 bridgehead atoms. The highest BCUT2D eigenvalue weighted by Crippen LogP contribution is 2.65. The molecule has 0 radical (unpaired) electrons. The number of ketones is 1. The summed E-state index contributed by atoms with van der Waals surface area (Å²) in [4.78, 5) is 31.2. The van der Waals surface area contributed by atoms with Gasteiger partial charge in [-0.15, -0.1) is 23.2 Å². The van der Waals surface area contributed by atoms with E-state index in [1.54, 1.807) is 31.2 Å². The van der Waals surface area contributed by atoms with Crippen LogP contribution in [-0.4, -0.2) is 28.8 Å². The fourth-order valence-electron chi connectivity index (χ4n) is 4.14. The Kier molecular flexibility index (Phi) is 8.90. The summed E-state index contributed by atoms with van der Waals surface area (Å²) in [5.41, 5.74) is 2.08. The second-order valence-electron chi connectivity index (χ2n) is 8.61. The molecule has 1 aliphatic rings. The quantitative estimate of drug-likeness (QED) is 0.114. The molecule has 5 nitrogen and oxygen atoms in total. The molecule has 3 aromatic carbocycles. The van der Waals surface area contributed by atoms with E-state index in [2.05, 4.69) is 10.5 Å². The summed E-state index contributed by atoms with van der Waals surface area (Å²) >= 11 is 31.4. The molecule has 1 aliphatic carbocycles. The molecule has 38 heavy (non-hydrogen) atoms. The van der Waals surface area contributed by atoms with Crippen molar-refractivity contribution in [3.8, 4) is 0 Å². The molecule has 1 saturated carbocycles. The number of halogens is 6. The molecule has 1 N–H and O–H groups in total. The molecule has 198 valence electrons. The van der Waals surface area contributed by atoms with Crippen molar-refractivity contribution < 1.29 is 18.8 Å². The Morgan fingerprint density at radius 2 is 1.76 bits per heavy atom. The Morgan fingerprint density at radius 3 is 2.45 bits per heavy atom. The highest BCUT2D eigenvalue weighted by molar-refractivity contribution is 6.53. The van der Waals surface area contributed by atoms with Crippen LogP contribution in [-0.2, 0) is 16.1 Å². The largest absolute Gasteiger partial charge is 0.396 e. The van der Waals surface area contributed by atoms with E-state index in [-0.39, 0.29) is 22.8 Å². The lowest BCUT2D eigenvalue weighted by Crippen LogP contribution is -2.17. The summed E-state index contributed by atoms with van der Waals surface area (Å²) in [7, 11) is 0. The lowest BCUT2D eigenvalue weighted by Gasteiger charge is -2.10. The molecule has 11 heteroatoms. The van der Waals surface area contributed by atoms with Crippen molar-refractivity contribution in [1.29, 1.82) is 0 Å². The SMILES string of the molecule is CCO/N=C/c1cc(F)ccc1CC(=O)c1cc(NC(=O)C2C(c3cc(Cl)cc(Cl)c3)C2(Cl)Cl)ccc1Cl. The number of hydrogen-bond acceptors (Lipinski definition) is 4. The van der Waals surface area contributed by atoms with Gasteiger partial charge in [-0.2, -0.15) is 0 Å². The number of carbonyl (C=O) groups excluding carboxylic acids is 2. The number of alkyl halides is 2. The lowest BCUT2D eigenvalue weighted by molar-refractivity contribution is -0.117. The van der Waals surface area contributed by atoms with Crippen LogP contribution in [0.2, 0.25) is 15.1 Å². The maximum absolute atomic E-state index is 13.8. The molecule has 0 spiro atoms. The number of benzene rings is 3. The standard InChI is InChI=1S/C27H20Cl5FN2O3/c1-2-38-34-13-16-9-19(33)4-3-14(16)10-23(36)21-12-20(5-6-22(21)30)35-26(37)25-24(27(25,31)32)15-7-17(28)11-18(29)8-15/h3-9,11-13,24-25H,2,10H2,1H3,(H,35,37)/b34-13+. The van der Waals surface area contributed by atoms with Crippen LogP contribution < -0.4 is 5.32 Å². The van der Waals surface area contributed by atoms with Crippen molar-refractivity contribution >= 4 is 81.6 Å². The van der Waals surface area contributed by atoms with Gasteiger partial charge in [0.15, 0.2) is 5.78 Å². The Balaban J connectivity index is 1.51. The number of nitrogens with one attached hydrogen (secondary N) is 1. The maximum atomic E-state index is 13.8. The Morgan fingerprint density at radius 1 is 1.05 bits per heavy atom. The molecule has 1 fully saturated rings. The smallest absolute Gasteiger partial charge is 0.231 e. The Hall–Kier alpha value is -2.35. The lowest BCUT2D eigenvalue weighted by atomic mass is 9.98. The van der Waals surface area contributed by atoms with E-state index in [1.165, 1.54) is 36.5 Å². The zero-order chi connectivity index (χ0) is 27.6. The predicted molar refractivity (Wildman–Crippen MR) is 151 cm³/mol. The first kappa shape index (κ1) is 28.7. The molecule has 0 aromatic heterocycles. The zero-order valence-corrected chi connectivity index (χ0v) is 23.6. The van der Waals surface area contributed by atoms with Gasteiger partial charge in [-0.1, -0.05) is 46.0 Å². The van der Waals surface area contributed by atoms with Crippen molar-refractivity contribution in [2.75, 3.05) is 11.9 Å². The van der Waals surface area contributed by atoms with Crippen molar-refractivity contribution in [2.45, 2.75) is 23.6 Å². The average Bonchev–Trinajstić information content (AvgIpc) is 3.43. The fourth-order valence-corrected chi connectivity index (χ4v) is 5.74. The minimum Gasteiger partial charge on any atom is -0.396 e. The molecule has 4 rings (SSSR count). The maximum Gasteiger partial charge on any atom is 0.231 e. The summed E-state index contributed by atoms with van der Waals surface area (Å²) in [6.07, 6.45) is 1.26. The highest BCUT2D eigenvalue weighted by Gasteiger charge is 2.67. The molecular formula is C27H20Cl5FN2O3. The van der Waals surface area contributed by atoms with Gasteiger partial charge in [0.25, 0.3) is 0 Å². The van der Waals surface area contributed by atoms with E-state index in [4.69, 9.17) is 62.8 Å². The normalized spacial score (nSPS) is 17.9. The molecule has 1 amide bonds. The summed E-state index contributed by atoms with van der Waals surface area (Å²) in [5.74, 6) is -2.56. The Labute approximate surface area is 243 Å². The van der Waals surface area contributed by atoms with Gasteiger partial charge >= 0.3 is 0 Å². The minimum absolute atomic E-state index is 0.0857. The molecule has 0 heterocycles. The van der Waals surface area contributed by atoms with Crippen LogP contribution in [0.4, 0.5) is 10.1 Å². The van der Waals surface area contributed by atoms with Gasteiger partial charge < -0.3 is 10.2 Å². The molecular weight excluding hydrogens is 597 g/mol. The number of oxime groups is 1. The predicted octanol–water partition coefficient (Wildman–Crippen LogP) is 8.11. The summed E-state index contributed by atoms with van der Waals surface area (Å²) < 4.78 is 12.4. The first-order valence-electron chi connectivity index (χ1n) is 11.4. The van der Waals surface area contributed by atoms with Crippen LogP contribution in [0.5, 0.6) is 0 Å². The van der Waals surface area contributed by atoms with E-state index in [0.717, 1.165) is 0 Å². The van der Waals surface area contributed by atoms with Crippen molar-refractivity contribution in [3.63, 3.8) is 0 Å². The highest BCUT2D eigenvalue weighted by atomic mass is 35.5. The van der Waals surface area contributed by atoms with E-state index in [0.29, 0.717) is 39.0 Å². The molecule has 2 unspecified atom stereocenters. The van der Waals surface area contributed by atoms with Crippen LogP contribution in [0.1, 0.15) is 39.9 Å². The van der Waals surface area contributed by atoms with Gasteiger partial charge in [0.1, 0.15) is 16.8 Å². The van der Waals surface area contributed by atoms with Gasteiger partial charge in [0, 0.05) is 39.2 Å². The van der Waals surface area contributed by atoms with E-state index >= 15 is 0 Å². The van der Waals surface area contributed by atoms with Crippen molar-refractivity contribution in [1.82, 2.24) is 0 Å². The van der Waals surface area contributed by atoms with Gasteiger partial charge in [-0.25, -0.2) is 4.39 Å². The van der Waals surface area contributed by atoms with Crippen LogP contribution in [0.15, 0.2) is 59.8 Å². The number of hydrogen-bond donors (Lipinski definition) is 1. The fraction of sp³-hybridized carbons (Fsp3) is 0.222. The number of carbonyl (C=O) groups is 2. The molecule has 2 atom stereocenters. The van der Waals surface area contributed by atoms with Crippen molar-refractivity contribution in [3.05, 3.63) is 97.7 Å². The van der Waals surface area contributed by atoms with Crippen LogP contribution in [0, 0.1) is 11.7 Å². The topological polar surface area (TPSA) is 67.8 Å². The minimum atomic E-state index is -1.36. The van der Waals surface area contributed by atoms with E-state index in [9.17, 15) is 14.0 Å². The zero-order valence-electron chi connectivity index (χ0n) is 19.8. The Bertz CT molecular complexity index is 1410. The molecule has 0 saturated heterocycles. The van der Waals surface area contributed by atoms with Gasteiger partial charge in [0.2, 0.25) is 5.91 Å². The number of nitrogens with zero attached hydrogens (tertiary/aromatic N) is 1. The third kappa shape index (κ3) is 6.44. The molecule has 3 aromatic rings. The van der Waals surface area contributed by atoms with Gasteiger partial charge in [-0.3, -0.25) is 9.59 Å². The third-order valence-electron chi connectivity index (χ3n) is 5.97. The number of rotatable bonds is 9. The van der Waals surface area contributed by atoms with Crippen molar-refractivity contribution in [2.24, 2.45) is 11.1 Å². The third-order valence-corrected chi connectivity index (χ3v) is 7.68. The summed E-state index contributed by atoms with van der Waals surface area (Å²) in [6.45, 7) is 2.11. The number of anilines is 1. The van der Waals surface area contributed by atoms with Gasteiger partial charge in [-0.05, 0) is 66.6 Å². The summed E-state index contributed by atoms with van der Waals surface area (Å²) in [6, 6.07) is 13.4. The number of amides is 1.